The van der Waals surface area contributed by atoms with Crippen molar-refractivity contribution in [2.24, 2.45) is 0 Å². The second-order valence-corrected chi connectivity index (χ2v) is 4.37. The molecule has 108 valence electrons. The molecule has 0 aromatic heterocycles. The summed E-state index contributed by atoms with van der Waals surface area (Å²) in [5.41, 5.74) is 1.14. The molecule has 0 aliphatic rings. The molecule has 2 aromatic rings. The van der Waals surface area contributed by atoms with E-state index in [-0.39, 0.29) is 0 Å². The predicted molar refractivity (Wildman–Crippen MR) is 82.4 cm³/mol. The summed E-state index contributed by atoms with van der Waals surface area (Å²) in [6, 6.07) is 18.1. The quantitative estimate of drug-likeness (QED) is 0.764. The molecule has 0 aliphatic carbocycles. The van der Waals surface area contributed by atoms with Gasteiger partial charge in [0.25, 0.3) is 0 Å². The van der Waals surface area contributed by atoms with E-state index >= 15 is 0 Å². The number of nitriles is 2. The lowest BCUT2D eigenvalue weighted by Gasteiger charge is -2.04. The van der Waals surface area contributed by atoms with Crippen molar-refractivity contribution >= 4 is 0 Å². The van der Waals surface area contributed by atoms with Crippen molar-refractivity contribution in [3.8, 4) is 23.6 Å². The molecule has 22 heavy (non-hydrogen) atoms. The molecule has 4 heteroatoms. The van der Waals surface area contributed by atoms with Crippen molar-refractivity contribution in [3.63, 3.8) is 0 Å². The summed E-state index contributed by atoms with van der Waals surface area (Å²) in [5.74, 6) is 1.32. The smallest absolute Gasteiger partial charge is 0.121 e. The fourth-order valence-electron chi connectivity index (χ4n) is 1.74. The minimum Gasteiger partial charge on any atom is -0.489 e. The van der Waals surface area contributed by atoms with Gasteiger partial charge in [-0.1, -0.05) is 12.1 Å². The largest absolute Gasteiger partial charge is 0.489 e. The van der Waals surface area contributed by atoms with E-state index in [1.54, 1.807) is 48.5 Å². The van der Waals surface area contributed by atoms with Crippen LogP contribution in [0, 0.1) is 22.7 Å². The minimum absolute atomic E-state index is 0.399. The Morgan fingerprint density at radius 3 is 1.64 bits per heavy atom. The van der Waals surface area contributed by atoms with Crippen LogP contribution in [0.2, 0.25) is 0 Å². The first-order chi connectivity index (χ1) is 10.8. The van der Waals surface area contributed by atoms with Crippen molar-refractivity contribution in [3.05, 3.63) is 71.8 Å². The van der Waals surface area contributed by atoms with Crippen LogP contribution < -0.4 is 9.47 Å². The Labute approximate surface area is 129 Å². The molecule has 0 aliphatic heterocycles. The first kappa shape index (κ1) is 15.2. The highest BCUT2D eigenvalue weighted by Crippen LogP contribution is 2.13. The number of rotatable bonds is 6. The Hall–Kier alpha value is -3.24. The van der Waals surface area contributed by atoms with Crippen LogP contribution in [0.3, 0.4) is 0 Å². The van der Waals surface area contributed by atoms with Gasteiger partial charge in [0.1, 0.15) is 24.7 Å². The molecule has 0 radical (unpaired) electrons. The molecule has 0 bridgehead atoms. The van der Waals surface area contributed by atoms with E-state index in [1.807, 2.05) is 12.2 Å². The number of hydrogen-bond acceptors (Lipinski definition) is 4. The Balaban J connectivity index is 1.74. The molecule has 0 saturated heterocycles. The number of nitrogens with zero attached hydrogens (tertiary/aromatic N) is 2. The van der Waals surface area contributed by atoms with Crippen molar-refractivity contribution < 1.29 is 9.47 Å². The van der Waals surface area contributed by atoms with Crippen LogP contribution >= 0.6 is 0 Å². The van der Waals surface area contributed by atoms with Crippen LogP contribution in [0.15, 0.2) is 60.7 Å². The van der Waals surface area contributed by atoms with Crippen molar-refractivity contribution in [1.29, 1.82) is 10.5 Å². The third-order valence-corrected chi connectivity index (χ3v) is 2.79. The molecule has 0 atom stereocenters. The zero-order valence-corrected chi connectivity index (χ0v) is 11.9. The lowest BCUT2D eigenvalue weighted by molar-refractivity contribution is 0.350. The van der Waals surface area contributed by atoms with Gasteiger partial charge >= 0.3 is 0 Å². The lowest BCUT2D eigenvalue weighted by Crippen LogP contribution is -1.97. The molecule has 0 amide bonds. The van der Waals surface area contributed by atoms with Gasteiger partial charge in [-0.25, -0.2) is 0 Å². The number of ether oxygens (including phenoxy) is 2. The van der Waals surface area contributed by atoms with Crippen LogP contribution in [0.1, 0.15) is 11.1 Å². The van der Waals surface area contributed by atoms with E-state index in [0.29, 0.717) is 35.8 Å². The van der Waals surface area contributed by atoms with Gasteiger partial charge in [-0.2, -0.15) is 10.5 Å². The van der Waals surface area contributed by atoms with Crippen molar-refractivity contribution in [2.75, 3.05) is 13.2 Å². The fourth-order valence-corrected chi connectivity index (χ4v) is 1.74. The SMILES string of the molecule is N#Cc1cccc(OCC=CCOc2cccc(C#N)c2)c1. The van der Waals surface area contributed by atoms with Crippen LogP contribution in [-0.4, -0.2) is 13.2 Å². The molecule has 0 spiro atoms. The highest BCUT2D eigenvalue weighted by Gasteiger charge is 1.95. The first-order valence-electron chi connectivity index (χ1n) is 6.73. The summed E-state index contributed by atoms with van der Waals surface area (Å²) in [4.78, 5) is 0. The summed E-state index contributed by atoms with van der Waals surface area (Å²) >= 11 is 0. The average Bonchev–Trinajstić information content (AvgIpc) is 2.58. The number of hydrogen-bond donors (Lipinski definition) is 0. The molecular formula is C18H14N2O2. The summed E-state index contributed by atoms with van der Waals surface area (Å²) < 4.78 is 11.0. The third-order valence-electron chi connectivity index (χ3n) is 2.79. The molecule has 2 rings (SSSR count). The van der Waals surface area contributed by atoms with Crippen LogP contribution in [0.25, 0.3) is 0 Å². The van der Waals surface area contributed by atoms with Crippen molar-refractivity contribution in [1.82, 2.24) is 0 Å². The topological polar surface area (TPSA) is 66.0 Å². The maximum Gasteiger partial charge on any atom is 0.121 e. The predicted octanol–water partition coefficient (Wildman–Crippen LogP) is 3.44. The van der Waals surface area contributed by atoms with Crippen LogP contribution in [-0.2, 0) is 0 Å². The zero-order valence-electron chi connectivity index (χ0n) is 11.9. The zero-order chi connectivity index (χ0) is 15.6. The summed E-state index contributed by atoms with van der Waals surface area (Å²) in [6.07, 6.45) is 3.68. The van der Waals surface area contributed by atoms with Gasteiger partial charge in [0.05, 0.1) is 23.3 Å². The Morgan fingerprint density at radius 1 is 0.773 bits per heavy atom. The Morgan fingerprint density at radius 2 is 1.23 bits per heavy atom. The van der Waals surface area contributed by atoms with Crippen LogP contribution in [0.5, 0.6) is 11.5 Å². The van der Waals surface area contributed by atoms with Gasteiger partial charge < -0.3 is 9.47 Å². The van der Waals surface area contributed by atoms with Gasteiger partial charge in [0.15, 0.2) is 0 Å². The van der Waals surface area contributed by atoms with E-state index in [0.717, 1.165) is 0 Å². The minimum atomic E-state index is 0.399. The lowest BCUT2D eigenvalue weighted by atomic mass is 10.2. The van der Waals surface area contributed by atoms with Crippen LogP contribution in [0.4, 0.5) is 0 Å². The summed E-state index contributed by atoms with van der Waals surface area (Å²) in [5, 5.41) is 17.6. The van der Waals surface area contributed by atoms with E-state index in [1.165, 1.54) is 0 Å². The van der Waals surface area contributed by atoms with Gasteiger partial charge in [-0.05, 0) is 48.6 Å². The molecule has 0 fully saturated rings. The molecule has 0 N–H and O–H groups in total. The highest BCUT2D eigenvalue weighted by molar-refractivity contribution is 5.37. The molecule has 2 aromatic carbocycles. The fraction of sp³-hybridized carbons (Fsp3) is 0.111. The van der Waals surface area contributed by atoms with Crippen molar-refractivity contribution in [2.45, 2.75) is 0 Å². The Kier molecular flexibility index (Phi) is 5.61. The Bertz CT molecular complexity index is 676. The monoisotopic (exact) mass is 290 g/mol. The number of benzene rings is 2. The summed E-state index contributed by atoms with van der Waals surface area (Å²) in [6.45, 7) is 0.799. The van der Waals surface area contributed by atoms with Gasteiger partial charge in [0, 0.05) is 0 Å². The standard InChI is InChI=1S/C18H14N2O2/c19-13-15-5-3-7-17(11-15)21-9-1-2-10-22-18-8-4-6-16(12-18)14-20/h1-8,11-12H,9-10H2. The molecular weight excluding hydrogens is 276 g/mol. The molecule has 0 saturated carbocycles. The first-order valence-corrected chi connectivity index (χ1v) is 6.73. The molecule has 0 heterocycles. The van der Waals surface area contributed by atoms with Gasteiger partial charge in [0.2, 0.25) is 0 Å². The second-order valence-electron chi connectivity index (χ2n) is 4.37. The second kappa shape index (κ2) is 8.14. The summed E-state index contributed by atoms with van der Waals surface area (Å²) in [7, 11) is 0. The maximum atomic E-state index is 8.79. The van der Waals surface area contributed by atoms with E-state index < -0.39 is 0 Å². The van der Waals surface area contributed by atoms with Gasteiger partial charge in [-0.15, -0.1) is 0 Å². The maximum absolute atomic E-state index is 8.79. The van der Waals surface area contributed by atoms with Gasteiger partial charge in [-0.3, -0.25) is 0 Å². The average molecular weight is 290 g/mol. The normalized spacial score (nSPS) is 9.91. The highest BCUT2D eigenvalue weighted by atomic mass is 16.5. The van der Waals surface area contributed by atoms with E-state index in [2.05, 4.69) is 12.1 Å². The molecule has 0 unspecified atom stereocenters. The molecule has 4 nitrogen and oxygen atoms in total. The van der Waals surface area contributed by atoms with E-state index in [4.69, 9.17) is 20.0 Å². The third kappa shape index (κ3) is 4.70. The van der Waals surface area contributed by atoms with E-state index in [9.17, 15) is 0 Å².